The van der Waals surface area contributed by atoms with Crippen molar-refractivity contribution in [3.63, 3.8) is 0 Å². The summed E-state index contributed by atoms with van der Waals surface area (Å²) in [6, 6.07) is 0.448. The standard InChI is InChI=1S/C10H24N2O2/c1-10(9-14-4)12(6-5-11-2)7-8-13-3/h10-11H,5-9H2,1-4H3. The van der Waals surface area contributed by atoms with Crippen LogP contribution in [0, 0.1) is 0 Å². The average Bonchev–Trinajstić information content (AvgIpc) is 2.18. The van der Waals surface area contributed by atoms with Crippen LogP contribution in [0.15, 0.2) is 0 Å². The third kappa shape index (κ3) is 6.32. The zero-order chi connectivity index (χ0) is 10.8. The summed E-state index contributed by atoms with van der Waals surface area (Å²) in [5, 5.41) is 3.15. The second-order valence-electron chi connectivity index (χ2n) is 3.44. The van der Waals surface area contributed by atoms with E-state index in [0.29, 0.717) is 6.04 Å². The first-order valence-corrected chi connectivity index (χ1v) is 5.12. The van der Waals surface area contributed by atoms with Gasteiger partial charge < -0.3 is 14.8 Å². The number of likely N-dealkylation sites (N-methyl/N-ethyl adjacent to an activating group) is 1. The zero-order valence-corrected chi connectivity index (χ0v) is 9.88. The molecule has 0 radical (unpaired) electrons. The quantitative estimate of drug-likeness (QED) is 0.581. The molecule has 1 N–H and O–H groups in total. The van der Waals surface area contributed by atoms with Gasteiger partial charge in [0.1, 0.15) is 0 Å². The van der Waals surface area contributed by atoms with E-state index in [4.69, 9.17) is 9.47 Å². The van der Waals surface area contributed by atoms with E-state index in [0.717, 1.165) is 32.8 Å². The Morgan fingerprint density at radius 1 is 1.21 bits per heavy atom. The molecule has 0 aromatic carbocycles. The van der Waals surface area contributed by atoms with Crippen molar-refractivity contribution in [2.24, 2.45) is 0 Å². The fourth-order valence-corrected chi connectivity index (χ4v) is 1.36. The molecule has 14 heavy (non-hydrogen) atoms. The molecular weight excluding hydrogens is 180 g/mol. The van der Waals surface area contributed by atoms with Crippen LogP contribution < -0.4 is 5.32 Å². The van der Waals surface area contributed by atoms with E-state index in [2.05, 4.69) is 17.1 Å². The largest absolute Gasteiger partial charge is 0.383 e. The maximum atomic E-state index is 5.14. The molecule has 0 aromatic heterocycles. The molecule has 0 spiro atoms. The Hall–Kier alpha value is -0.160. The number of hydrogen-bond acceptors (Lipinski definition) is 4. The Kier molecular flexibility index (Phi) is 9.29. The van der Waals surface area contributed by atoms with Gasteiger partial charge in [-0.25, -0.2) is 0 Å². The summed E-state index contributed by atoms with van der Waals surface area (Å²) in [6.45, 7) is 6.71. The third-order valence-electron chi connectivity index (χ3n) is 2.26. The van der Waals surface area contributed by atoms with E-state index in [9.17, 15) is 0 Å². The van der Waals surface area contributed by atoms with E-state index in [1.54, 1.807) is 14.2 Å². The zero-order valence-electron chi connectivity index (χ0n) is 9.88. The van der Waals surface area contributed by atoms with Crippen molar-refractivity contribution in [1.82, 2.24) is 10.2 Å². The van der Waals surface area contributed by atoms with Crippen molar-refractivity contribution in [2.45, 2.75) is 13.0 Å². The van der Waals surface area contributed by atoms with Crippen molar-refractivity contribution in [2.75, 3.05) is 54.1 Å². The van der Waals surface area contributed by atoms with Gasteiger partial charge in [-0.1, -0.05) is 0 Å². The summed E-state index contributed by atoms with van der Waals surface area (Å²) >= 11 is 0. The van der Waals surface area contributed by atoms with Crippen LogP contribution in [0.25, 0.3) is 0 Å². The van der Waals surface area contributed by atoms with Gasteiger partial charge in [0.05, 0.1) is 13.2 Å². The monoisotopic (exact) mass is 204 g/mol. The Bertz CT molecular complexity index is 115. The number of hydrogen-bond donors (Lipinski definition) is 1. The molecule has 0 heterocycles. The molecule has 4 heteroatoms. The molecule has 1 unspecified atom stereocenters. The molecule has 0 aliphatic heterocycles. The first-order chi connectivity index (χ1) is 6.76. The van der Waals surface area contributed by atoms with Crippen LogP contribution in [0.1, 0.15) is 6.92 Å². The van der Waals surface area contributed by atoms with Crippen LogP contribution in [-0.2, 0) is 9.47 Å². The fourth-order valence-electron chi connectivity index (χ4n) is 1.36. The lowest BCUT2D eigenvalue weighted by Crippen LogP contribution is -2.41. The highest BCUT2D eigenvalue weighted by atomic mass is 16.5. The normalized spacial score (nSPS) is 13.5. The third-order valence-corrected chi connectivity index (χ3v) is 2.26. The van der Waals surface area contributed by atoms with Crippen LogP contribution in [-0.4, -0.2) is 65.1 Å². The number of ether oxygens (including phenoxy) is 2. The molecule has 0 amide bonds. The van der Waals surface area contributed by atoms with Gasteiger partial charge in [-0.3, -0.25) is 4.90 Å². The number of rotatable bonds is 9. The van der Waals surface area contributed by atoms with E-state index >= 15 is 0 Å². The minimum atomic E-state index is 0.448. The molecule has 0 saturated carbocycles. The SMILES string of the molecule is CNCCN(CCOC)C(C)COC. The van der Waals surface area contributed by atoms with Gasteiger partial charge in [-0.2, -0.15) is 0 Å². The van der Waals surface area contributed by atoms with Gasteiger partial charge in [0.25, 0.3) is 0 Å². The lowest BCUT2D eigenvalue weighted by atomic mass is 10.3. The van der Waals surface area contributed by atoms with E-state index in [1.807, 2.05) is 7.05 Å². The average molecular weight is 204 g/mol. The summed E-state index contributed by atoms with van der Waals surface area (Å²) in [6.07, 6.45) is 0. The van der Waals surface area contributed by atoms with Crippen LogP contribution in [0.2, 0.25) is 0 Å². The van der Waals surface area contributed by atoms with Gasteiger partial charge in [0.15, 0.2) is 0 Å². The first kappa shape index (κ1) is 13.8. The summed E-state index contributed by atoms with van der Waals surface area (Å²) in [7, 11) is 5.44. The molecular formula is C10H24N2O2. The maximum absolute atomic E-state index is 5.14. The predicted molar refractivity (Wildman–Crippen MR) is 58.7 cm³/mol. The van der Waals surface area contributed by atoms with Gasteiger partial charge in [-0.15, -0.1) is 0 Å². The molecule has 0 aliphatic carbocycles. The highest BCUT2D eigenvalue weighted by molar-refractivity contribution is 4.67. The van der Waals surface area contributed by atoms with Crippen molar-refractivity contribution in [3.8, 4) is 0 Å². The minimum Gasteiger partial charge on any atom is -0.383 e. The predicted octanol–water partition coefficient (Wildman–Crippen LogP) is 0.189. The van der Waals surface area contributed by atoms with Gasteiger partial charge in [-0.05, 0) is 14.0 Å². The van der Waals surface area contributed by atoms with E-state index in [-0.39, 0.29) is 0 Å². The van der Waals surface area contributed by atoms with Crippen LogP contribution >= 0.6 is 0 Å². The number of methoxy groups -OCH3 is 2. The van der Waals surface area contributed by atoms with Crippen LogP contribution in [0.3, 0.4) is 0 Å². The highest BCUT2D eigenvalue weighted by Crippen LogP contribution is 1.98. The molecule has 0 bridgehead atoms. The van der Waals surface area contributed by atoms with Crippen molar-refractivity contribution in [1.29, 1.82) is 0 Å². The van der Waals surface area contributed by atoms with Crippen LogP contribution in [0.4, 0.5) is 0 Å². The molecule has 4 nitrogen and oxygen atoms in total. The van der Waals surface area contributed by atoms with Crippen molar-refractivity contribution in [3.05, 3.63) is 0 Å². The summed E-state index contributed by atoms with van der Waals surface area (Å²) in [4.78, 5) is 2.36. The van der Waals surface area contributed by atoms with E-state index in [1.165, 1.54) is 0 Å². The lowest BCUT2D eigenvalue weighted by molar-refractivity contribution is 0.0760. The van der Waals surface area contributed by atoms with E-state index < -0.39 is 0 Å². The molecule has 0 aliphatic rings. The number of nitrogens with one attached hydrogen (secondary N) is 1. The molecule has 0 fully saturated rings. The Balaban J connectivity index is 3.81. The number of nitrogens with zero attached hydrogens (tertiary/aromatic N) is 1. The molecule has 0 rings (SSSR count). The highest BCUT2D eigenvalue weighted by Gasteiger charge is 2.12. The summed E-state index contributed by atoms with van der Waals surface area (Å²) in [5.74, 6) is 0. The molecule has 0 saturated heterocycles. The summed E-state index contributed by atoms with van der Waals surface area (Å²) < 4.78 is 10.2. The van der Waals surface area contributed by atoms with Crippen molar-refractivity contribution < 1.29 is 9.47 Å². The van der Waals surface area contributed by atoms with Gasteiger partial charge >= 0.3 is 0 Å². The smallest absolute Gasteiger partial charge is 0.0615 e. The maximum Gasteiger partial charge on any atom is 0.0615 e. The Labute approximate surface area is 87.6 Å². The Morgan fingerprint density at radius 3 is 2.43 bits per heavy atom. The summed E-state index contributed by atoms with van der Waals surface area (Å²) in [5.41, 5.74) is 0. The fraction of sp³-hybridized carbons (Fsp3) is 1.00. The van der Waals surface area contributed by atoms with Crippen LogP contribution in [0.5, 0.6) is 0 Å². The second-order valence-corrected chi connectivity index (χ2v) is 3.44. The van der Waals surface area contributed by atoms with Gasteiger partial charge in [0, 0.05) is 39.9 Å². The Morgan fingerprint density at radius 2 is 1.93 bits per heavy atom. The van der Waals surface area contributed by atoms with Gasteiger partial charge in [0.2, 0.25) is 0 Å². The second kappa shape index (κ2) is 9.40. The molecule has 1 atom stereocenters. The van der Waals surface area contributed by atoms with Crippen molar-refractivity contribution >= 4 is 0 Å². The molecule has 86 valence electrons. The topological polar surface area (TPSA) is 33.7 Å². The lowest BCUT2D eigenvalue weighted by Gasteiger charge is -2.28. The molecule has 0 aromatic rings. The minimum absolute atomic E-state index is 0.448. The first-order valence-electron chi connectivity index (χ1n) is 5.12.